The maximum Gasteiger partial charge on any atom is 0.395 e. The molecule has 0 spiro atoms. The molecule has 182 valence electrons. The van der Waals surface area contributed by atoms with Gasteiger partial charge in [-0.2, -0.15) is 18.3 Å². The number of carbonyl (C=O) groups is 1. The third-order valence-electron chi connectivity index (χ3n) is 7.24. The van der Waals surface area contributed by atoms with Gasteiger partial charge in [-0.1, -0.05) is 6.07 Å². The van der Waals surface area contributed by atoms with Crippen molar-refractivity contribution in [3.63, 3.8) is 0 Å². The number of likely N-dealkylation sites (N-methyl/N-ethyl adjacent to an activating group) is 1. The molecule has 1 amide bonds. The summed E-state index contributed by atoms with van der Waals surface area (Å²) in [7, 11) is 3.87. The van der Waals surface area contributed by atoms with Gasteiger partial charge in [0.05, 0.1) is 17.1 Å². The summed E-state index contributed by atoms with van der Waals surface area (Å²) in [5.74, 6) is -1.29. The van der Waals surface area contributed by atoms with Gasteiger partial charge in [-0.3, -0.25) is 14.9 Å². The Balaban J connectivity index is 1.45. The van der Waals surface area contributed by atoms with E-state index in [2.05, 4.69) is 20.5 Å². The van der Waals surface area contributed by atoms with Crippen molar-refractivity contribution in [2.24, 2.45) is 5.41 Å². The number of nitrogens with zero attached hydrogens (tertiary/aromatic N) is 3. The van der Waals surface area contributed by atoms with Crippen molar-refractivity contribution < 1.29 is 18.0 Å². The van der Waals surface area contributed by atoms with E-state index >= 15 is 0 Å². The molecule has 3 aromatic rings. The molecule has 2 heterocycles. The molecule has 34 heavy (non-hydrogen) atoms. The van der Waals surface area contributed by atoms with E-state index in [0.717, 1.165) is 22.0 Å². The molecule has 1 aliphatic rings. The van der Waals surface area contributed by atoms with Crippen molar-refractivity contribution in [3.8, 4) is 0 Å². The van der Waals surface area contributed by atoms with Crippen molar-refractivity contribution in [2.75, 3.05) is 20.6 Å². The van der Waals surface area contributed by atoms with Crippen LogP contribution in [0.4, 0.5) is 13.2 Å². The lowest BCUT2D eigenvalue weighted by Crippen LogP contribution is -2.43. The van der Waals surface area contributed by atoms with Crippen LogP contribution in [0.2, 0.25) is 0 Å². The molecule has 0 bridgehead atoms. The highest BCUT2D eigenvalue weighted by molar-refractivity contribution is 5.82. The fraction of sp³-hybridized carbons (Fsp3) is 0.480. The molecular weight excluding hydrogens is 443 g/mol. The van der Waals surface area contributed by atoms with Gasteiger partial charge in [-0.05, 0) is 75.2 Å². The number of benzene rings is 1. The SMILES string of the molecule is Cc1c(C[C@@H](CNC(=O)C[C@@H](c2ccncc2)C2(C(F)(F)F)CC2)N(C)C)ccc2[nH]ncc12. The highest BCUT2D eigenvalue weighted by Gasteiger charge is 2.67. The van der Waals surface area contributed by atoms with Crippen molar-refractivity contribution in [1.82, 2.24) is 25.4 Å². The molecule has 1 aromatic carbocycles. The standard InChI is InChI=1S/C25H30F3N5O/c1-16-18(4-5-22-20(16)15-31-32-22)12-19(33(2)3)14-30-23(34)13-21(17-6-10-29-11-7-17)24(8-9-24)25(26,27)28/h4-7,10-11,15,19,21H,8-9,12-14H2,1-3H3,(H,30,34)(H,31,32)/t19-,21-/m0/s1. The second-order valence-electron chi connectivity index (χ2n) is 9.50. The number of halogens is 3. The number of pyridine rings is 1. The molecule has 0 aliphatic heterocycles. The van der Waals surface area contributed by atoms with Gasteiger partial charge in [0.15, 0.2) is 0 Å². The predicted molar refractivity (Wildman–Crippen MR) is 124 cm³/mol. The highest BCUT2D eigenvalue weighted by atomic mass is 19.4. The van der Waals surface area contributed by atoms with Crippen LogP contribution in [0.5, 0.6) is 0 Å². The summed E-state index contributed by atoms with van der Waals surface area (Å²) in [4.78, 5) is 18.8. The second kappa shape index (κ2) is 9.37. The van der Waals surface area contributed by atoms with Crippen molar-refractivity contribution in [1.29, 1.82) is 0 Å². The Kier molecular flexibility index (Phi) is 6.66. The number of rotatable bonds is 9. The highest BCUT2D eigenvalue weighted by Crippen LogP contribution is 2.66. The van der Waals surface area contributed by atoms with Gasteiger partial charge in [-0.15, -0.1) is 0 Å². The summed E-state index contributed by atoms with van der Waals surface area (Å²) in [6.07, 6.45) is 0.997. The molecule has 2 N–H and O–H groups in total. The maximum absolute atomic E-state index is 13.9. The van der Waals surface area contributed by atoms with Crippen LogP contribution in [0.25, 0.3) is 10.9 Å². The maximum atomic E-state index is 13.9. The van der Waals surface area contributed by atoms with Crippen LogP contribution in [0.3, 0.4) is 0 Å². The molecule has 0 saturated heterocycles. The molecule has 2 atom stereocenters. The van der Waals surface area contributed by atoms with E-state index in [1.54, 1.807) is 18.3 Å². The number of fused-ring (bicyclic) bond motifs is 1. The third kappa shape index (κ3) is 4.80. The zero-order chi connectivity index (χ0) is 24.5. The van der Waals surface area contributed by atoms with Gasteiger partial charge in [0.25, 0.3) is 0 Å². The summed E-state index contributed by atoms with van der Waals surface area (Å²) >= 11 is 0. The van der Waals surface area contributed by atoms with Crippen LogP contribution in [0.15, 0.2) is 42.9 Å². The average Bonchev–Trinajstić information content (AvgIpc) is 3.47. The van der Waals surface area contributed by atoms with Gasteiger partial charge >= 0.3 is 6.18 Å². The first-order chi connectivity index (χ1) is 16.1. The molecule has 9 heteroatoms. The molecule has 1 fully saturated rings. The minimum absolute atomic E-state index is 0.0103. The molecule has 1 saturated carbocycles. The van der Waals surface area contributed by atoms with Crippen LogP contribution in [0.1, 0.15) is 41.9 Å². The fourth-order valence-electron chi connectivity index (χ4n) is 4.80. The summed E-state index contributed by atoms with van der Waals surface area (Å²) in [5, 5.41) is 11.0. The number of aromatic amines is 1. The van der Waals surface area contributed by atoms with Crippen LogP contribution in [-0.2, 0) is 11.2 Å². The Hall–Kier alpha value is -2.94. The monoisotopic (exact) mass is 473 g/mol. The number of amides is 1. The lowest BCUT2D eigenvalue weighted by Gasteiger charge is -2.30. The summed E-state index contributed by atoms with van der Waals surface area (Å²) in [6, 6.07) is 7.20. The number of hydrogen-bond donors (Lipinski definition) is 2. The number of H-pyrrole nitrogens is 1. The summed E-state index contributed by atoms with van der Waals surface area (Å²) in [5.41, 5.74) is 1.92. The Morgan fingerprint density at radius 1 is 1.21 bits per heavy atom. The van der Waals surface area contributed by atoms with Gasteiger partial charge in [-0.25, -0.2) is 0 Å². The Morgan fingerprint density at radius 2 is 1.91 bits per heavy atom. The van der Waals surface area contributed by atoms with Gasteiger partial charge in [0.1, 0.15) is 0 Å². The number of hydrogen-bond acceptors (Lipinski definition) is 4. The Morgan fingerprint density at radius 3 is 2.53 bits per heavy atom. The van der Waals surface area contributed by atoms with E-state index in [9.17, 15) is 18.0 Å². The van der Waals surface area contributed by atoms with E-state index in [1.807, 2.05) is 38.1 Å². The third-order valence-corrected chi connectivity index (χ3v) is 7.24. The normalized spacial score (nSPS) is 17.0. The quantitative estimate of drug-likeness (QED) is 0.484. The number of aryl methyl sites for hydroxylation is 1. The Bertz CT molecular complexity index is 1140. The minimum atomic E-state index is -4.35. The largest absolute Gasteiger partial charge is 0.395 e. The van der Waals surface area contributed by atoms with Crippen LogP contribution < -0.4 is 5.32 Å². The summed E-state index contributed by atoms with van der Waals surface area (Å²) < 4.78 is 41.7. The number of nitrogens with one attached hydrogen (secondary N) is 2. The second-order valence-corrected chi connectivity index (χ2v) is 9.50. The number of carbonyl (C=O) groups excluding carboxylic acids is 1. The molecule has 6 nitrogen and oxygen atoms in total. The zero-order valence-electron chi connectivity index (χ0n) is 19.6. The van der Waals surface area contributed by atoms with Crippen LogP contribution in [-0.4, -0.2) is 58.8 Å². The fourth-order valence-corrected chi connectivity index (χ4v) is 4.80. The first kappa shape index (κ1) is 24.2. The van der Waals surface area contributed by atoms with Crippen molar-refractivity contribution in [3.05, 3.63) is 59.5 Å². The summed E-state index contributed by atoms with van der Waals surface area (Å²) in [6.45, 7) is 2.39. The van der Waals surface area contributed by atoms with E-state index in [-0.39, 0.29) is 31.2 Å². The van der Waals surface area contributed by atoms with Gasteiger partial charge in [0.2, 0.25) is 5.91 Å². The average molecular weight is 474 g/mol. The smallest absolute Gasteiger partial charge is 0.355 e. The first-order valence-electron chi connectivity index (χ1n) is 11.4. The molecule has 1 aliphatic carbocycles. The molecule has 2 aromatic heterocycles. The minimum Gasteiger partial charge on any atom is -0.355 e. The zero-order valence-corrected chi connectivity index (χ0v) is 19.6. The molecular formula is C25H30F3N5O. The lowest BCUT2D eigenvalue weighted by molar-refractivity contribution is -0.194. The molecule has 4 rings (SSSR count). The topological polar surface area (TPSA) is 73.9 Å². The van der Waals surface area contributed by atoms with Crippen molar-refractivity contribution >= 4 is 16.8 Å². The van der Waals surface area contributed by atoms with E-state index < -0.39 is 17.5 Å². The van der Waals surface area contributed by atoms with E-state index in [1.165, 1.54) is 12.4 Å². The predicted octanol–water partition coefficient (Wildman–Crippen LogP) is 4.37. The molecule has 0 radical (unpaired) electrons. The van der Waals surface area contributed by atoms with Gasteiger partial charge in [0, 0.05) is 42.7 Å². The van der Waals surface area contributed by atoms with Gasteiger partial charge < -0.3 is 10.2 Å². The first-order valence-corrected chi connectivity index (χ1v) is 11.4. The lowest BCUT2D eigenvalue weighted by atomic mass is 9.80. The number of aromatic nitrogens is 3. The Labute approximate surface area is 196 Å². The van der Waals surface area contributed by atoms with E-state index in [4.69, 9.17) is 0 Å². The molecule has 0 unspecified atom stereocenters. The van der Waals surface area contributed by atoms with Crippen LogP contribution in [0, 0.1) is 12.3 Å². The van der Waals surface area contributed by atoms with Crippen LogP contribution >= 0.6 is 0 Å². The number of alkyl halides is 3. The van der Waals surface area contributed by atoms with E-state index in [0.29, 0.717) is 18.5 Å². The van der Waals surface area contributed by atoms with Crippen molar-refractivity contribution in [2.45, 2.75) is 50.7 Å².